The molecule has 0 atom stereocenters. The molecule has 1 aromatic heterocycles. The maximum Gasteiger partial charge on any atom is 0.272 e. The minimum Gasteiger partial charge on any atom is -0.497 e. The van der Waals surface area contributed by atoms with Crippen LogP contribution in [-0.4, -0.2) is 76.9 Å². The third kappa shape index (κ3) is 4.70. The molecule has 2 N–H and O–H groups in total. The number of rotatable bonds is 7. The minimum absolute atomic E-state index is 0.000491. The molecule has 0 aliphatic carbocycles. The van der Waals surface area contributed by atoms with E-state index in [1.807, 2.05) is 24.3 Å². The number of hydrogen-bond acceptors (Lipinski definition) is 7. The number of hydrogen-bond donors (Lipinski definition) is 2. The highest BCUT2D eigenvalue weighted by Gasteiger charge is 2.25. The van der Waals surface area contributed by atoms with Crippen LogP contribution < -0.4 is 19.1 Å². The molecule has 1 amide bonds. The SMILES string of the molecule is CNS(=O)(=O)c1cc(-c2cc(C(=O)N3CCN(c4ccc(OC)cc4)CC3)[nH]n2)ccc1OC. The smallest absolute Gasteiger partial charge is 0.272 e. The number of benzene rings is 2. The Kier molecular flexibility index (Phi) is 6.75. The summed E-state index contributed by atoms with van der Waals surface area (Å²) < 4.78 is 37.4. The lowest BCUT2D eigenvalue weighted by Crippen LogP contribution is -2.48. The number of anilines is 1. The highest BCUT2D eigenvalue weighted by molar-refractivity contribution is 7.89. The zero-order valence-electron chi connectivity index (χ0n) is 19.2. The zero-order valence-corrected chi connectivity index (χ0v) is 20.1. The van der Waals surface area contributed by atoms with Gasteiger partial charge in [0, 0.05) is 37.4 Å². The summed E-state index contributed by atoms with van der Waals surface area (Å²) >= 11 is 0. The molecule has 1 aliphatic rings. The van der Waals surface area contributed by atoms with E-state index in [1.54, 1.807) is 30.2 Å². The molecule has 0 radical (unpaired) electrons. The lowest BCUT2D eigenvalue weighted by molar-refractivity contribution is 0.0741. The van der Waals surface area contributed by atoms with Crippen LogP contribution in [0.25, 0.3) is 11.3 Å². The van der Waals surface area contributed by atoms with Crippen LogP contribution in [0.3, 0.4) is 0 Å². The van der Waals surface area contributed by atoms with Gasteiger partial charge < -0.3 is 19.3 Å². The van der Waals surface area contributed by atoms with Gasteiger partial charge in [-0.05, 0) is 55.6 Å². The molecule has 0 unspecified atom stereocenters. The van der Waals surface area contributed by atoms with E-state index in [4.69, 9.17) is 9.47 Å². The number of aromatic nitrogens is 2. The summed E-state index contributed by atoms with van der Waals surface area (Å²) in [7, 11) is 0.648. The van der Waals surface area contributed by atoms with Crippen LogP contribution in [0.4, 0.5) is 5.69 Å². The van der Waals surface area contributed by atoms with Gasteiger partial charge in [0.05, 0.1) is 19.9 Å². The van der Waals surface area contributed by atoms with Crippen molar-refractivity contribution >= 4 is 21.6 Å². The molecule has 0 bridgehead atoms. The molecular weight excluding hydrogens is 458 g/mol. The molecule has 180 valence electrons. The first-order valence-electron chi connectivity index (χ1n) is 10.7. The first kappa shape index (κ1) is 23.6. The van der Waals surface area contributed by atoms with E-state index in [9.17, 15) is 13.2 Å². The number of carbonyl (C=O) groups is 1. The molecule has 10 nitrogen and oxygen atoms in total. The van der Waals surface area contributed by atoms with E-state index >= 15 is 0 Å². The average molecular weight is 486 g/mol. The van der Waals surface area contributed by atoms with Crippen LogP contribution in [0.5, 0.6) is 11.5 Å². The molecule has 0 spiro atoms. The predicted molar refractivity (Wildman–Crippen MR) is 128 cm³/mol. The molecule has 4 rings (SSSR count). The Morgan fingerprint density at radius 2 is 1.71 bits per heavy atom. The Bertz CT molecular complexity index is 1270. The fourth-order valence-corrected chi connectivity index (χ4v) is 4.78. The van der Waals surface area contributed by atoms with Gasteiger partial charge in [-0.15, -0.1) is 0 Å². The lowest BCUT2D eigenvalue weighted by Gasteiger charge is -2.35. The summed E-state index contributed by atoms with van der Waals surface area (Å²) in [5.74, 6) is 0.879. The van der Waals surface area contributed by atoms with Crippen molar-refractivity contribution < 1.29 is 22.7 Å². The second kappa shape index (κ2) is 9.74. The number of amides is 1. The van der Waals surface area contributed by atoms with Crippen molar-refractivity contribution in [3.05, 3.63) is 54.2 Å². The Morgan fingerprint density at radius 3 is 2.32 bits per heavy atom. The number of H-pyrrole nitrogens is 1. The van der Waals surface area contributed by atoms with Crippen LogP contribution in [0, 0.1) is 0 Å². The minimum atomic E-state index is -3.73. The molecule has 2 aromatic carbocycles. The molecule has 2 heterocycles. The van der Waals surface area contributed by atoms with Crippen LogP contribution in [0.1, 0.15) is 10.5 Å². The van der Waals surface area contributed by atoms with Crippen LogP contribution in [0.15, 0.2) is 53.4 Å². The second-order valence-electron chi connectivity index (χ2n) is 7.72. The summed E-state index contributed by atoms with van der Waals surface area (Å²) in [5.41, 5.74) is 2.45. The summed E-state index contributed by atoms with van der Waals surface area (Å²) in [5, 5.41) is 7.03. The van der Waals surface area contributed by atoms with Crippen LogP contribution >= 0.6 is 0 Å². The summed E-state index contributed by atoms with van der Waals surface area (Å²) in [4.78, 5) is 17.0. The summed E-state index contributed by atoms with van der Waals surface area (Å²) in [6, 6.07) is 14.2. The van der Waals surface area contributed by atoms with Gasteiger partial charge in [0.25, 0.3) is 5.91 Å². The van der Waals surface area contributed by atoms with Crippen molar-refractivity contribution in [1.29, 1.82) is 0 Å². The normalized spacial score (nSPS) is 14.2. The number of nitrogens with zero attached hydrogens (tertiary/aromatic N) is 3. The van der Waals surface area contributed by atoms with E-state index in [0.717, 1.165) is 11.4 Å². The van der Waals surface area contributed by atoms with Gasteiger partial charge in [-0.2, -0.15) is 5.10 Å². The van der Waals surface area contributed by atoms with Crippen molar-refractivity contribution in [1.82, 2.24) is 19.8 Å². The third-order valence-electron chi connectivity index (χ3n) is 5.83. The molecule has 1 saturated heterocycles. The topological polar surface area (TPSA) is 117 Å². The molecule has 0 saturated carbocycles. The molecule has 3 aromatic rings. The number of nitrogens with one attached hydrogen (secondary N) is 2. The first-order chi connectivity index (χ1) is 16.4. The predicted octanol–water partition coefficient (Wildman–Crippen LogP) is 1.96. The van der Waals surface area contributed by atoms with Gasteiger partial charge >= 0.3 is 0 Å². The Morgan fingerprint density at radius 1 is 1.00 bits per heavy atom. The van der Waals surface area contributed by atoms with Crippen molar-refractivity contribution in [3.63, 3.8) is 0 Å². The van der Waals surface area contributed by atoms with Gasteiger partial charge in [-0.3, -0.25) is 9.89 Å². The van der Waals surface area contributed by atoms with Gasteiger partial charge in [-0.25, -0.2) is 13.1 Å². The number of ether oxygens (including phenoxy) is 2. The van der Waals surface area contributed by atoms with Crippen molar-refractivity contribution in [2.24, 2.45) is 0 Å². The maximum atomic E-state index is 13.0. The van der Waals surface area contributed by atoms with Gasteiger partial charge in [0.1, 0.15) is 22.1 Å². The molecule has 11 heteroatoms. The number of aromatic amines is 1. The third-order valence-corrected chi connectivity index (χ3v) is 7.27. The van der Waals surface area contributed by atoms with Gasteiger partial charge in [0.15, 0.2) is 0 Å². The number of sulfonamides is 1. The lowest BCUT2D eigenvalue weighted by atomic mass is 10.1. The van der Waals surface area contributed by atoms with E-state index < -0.39 is 10.0 Å². The van der Waals surface area contributed by atoms with E-state index in [0.29, 0.717) is 43.1 Å². The summed E-state index contributed by atoms with van der Waals surface area (Å²) in [6.45, 7) is 2.57. The van der Waals surface area contributed by atoms with E-state index in [-0.39, 0.29) is 16.6 Å². The molecular formula is C23H27N5O5S. The van der Waals surface area contributed by atoms with Crippen molar-refractivity contribution in [2.45, 2.75) is 4.90 Å². The monoisotopic (exact) mass is 485 g/mol. The largest absolute Gasteiger partial charge is 0.497 e. The maximum absolute atomic E-state index is 13.0. The molecule has 1 fully saturated rings. The highest BCUT2D eigenvalue weighted by Crippen LogP contribution is 2.29. The fourth-order valence-electron chi connectivity index (χ4n) is 3.87. The number of methoxy groups -OCH3 is 2. The van der Waals surface area contributed by atoms with Gasteiger partial charge in [-0.1, -0.05) is 0 Å². The van der Waals surface area contributed by atoms with Crippen molar-refractivity contribution in [2.75, 3.05) is 52.3 Å². The second-order valence-corrected chi connectivity index (χ2v) is 9.57. The molecule has 34 heavy (non-hydrogen) atoms. The van der Waals surface area contributed by atoms with E-state index in [1.165, 1.54) is 20.2 Å². The van der Waals surface area contributed by atoms with Gasteiger partial charge in [0.2, 0.25) is 10.0 Å². The summed E-state index contributed by atoms with van der Waals surface area (Å²) in [6.07, 6.45) is 0. The Labute approximate surface area is 198 Å². The molecule has 1 aliphatic heterocycles. The fraction of sp³-hybridized carbons (Fsp3) is 0.304. The number of carbonyl (C=O) groups excluding carboxylic acids is 1. The van der Waals surface area contributed by atoms with Crippen LogP contribution in [0.2, 0.25) is 0 Å². The highest BCUT2D eigenvalue weighted by atomic mass is 32.2. The quantitative estimate of drug-likeness (QED) is 0.525. The van der Waals surface area contributed by atoms with Crippen LogP contribution in [-0.2, 0) is 10.0 Å². The zero-order chi connectivity index (χ0) is 24.3. The Balaban J connectivity index is 1.46. The number of piperazine rings is 1. The average Bonchev–Trinajstić information content (AvgIpc) is 3.38. The Hall–Kier alpha value is -3.57. The first-order valence-corrected chi connectivity index (χ1v) is 12.2. The van der Waals surface area contributed by atoms with E-state index in [2.05, 4.69) is 19.8 Å². The standard InChI is InChI=1S/C23H27N5O5S/c1-24-34(30,31)22-14-16(4-9-21(22)33-3)19-15-20(26-25-19)23(29)28-12-10-27(11-13-28)17-5-7-18(32-2)8-6-17/h4-9,14-15,24H,10-13H2,1-3H3,(H,25,26). The van der Waals surface area contributed by atoms with Crippen molar-refractivity contribution in [3.8, 4) is 22.8 Å².